The Morgan fingerprint density at radius 2 is 2.20 bits per heavy atom. The van der Waals surface area contributed by atoms with Gasteiger partial charge in [-0.15, -0.1) is 0 Å². The third kappa shape index (κ3) is 4.02. The molecule has 0 fully saturated rings. The summed E-state index contributed by atoms with van der Waals surface area (Å²) in [6.07, 6.45) is 1.19. The number of nitrogens with one attached hydrogen (secondary N) is 1. The van der Waals surface area contributed by atoms with E-state index < -0.39 is 0 Å². The van der Waals surface area contributed by atoms with E-state index in [1.54, 1.807) is 6.92 Å². The van der Waals surface area contributed by atoms with Crippen LogP contribution >= 0.6 is 0 Å². The van der Waals surface area contributed by atoms with E-state index >= 15 is 0 Å². The van der Waals surface area contributed by atoms with Gasteiger partial charge in [0, 0.05) is 19.2 Å². The Balaban J connectivity index is 0.000000167. The van der Waals surface area contributed by atoms with Crippen LogP contribution in [0.25, 0.3) is 0 Å². The Morgan fingerprint density at radius 3 is 2.73 bits per heavy atom. The van der Waals surface area contributed by atoms with Crippen LogP contribution < -0.4 is 5.32 Å². The molecule has 1 N–H and O–H groups in total. The number of hydrogen-bond donors (Lipinski definition) is 1. The van der Waals surface area contributed by atoms with E-state index in [1.165, 1.54) is 24.6 Å². The summed E-state index contributed by atoms with van der Waals surface area (Å²) in [5.74, 6) is -0.211. The van der Waals surface area contributed by atoms with Crippen molar-refractivity contribution >= 4 is 11.7 Å². The van der Waals surface area contributed by atoms with Gasteiger partial charge in [0.2, 0.25) is 0 Å². The van der Waals surface area contributed by atoms with E-state index in [2.05, 4.69) is 34.3 Å². The van der Waals surface area contributed by atoms with Crippen molar-refractivity contribution in [1.82, 2.24) is 0 Å². The molecule has 0 aromatic heterocycles. The third-order valence-electron chi connectivity index (χ3n) is 2.07. The average molecular weight is 207 g/mol. The summed E-state index contributed by atoms with van der Waals surface area (Å²) in [6.45, 7) is 4.76. The molecule has 0 aliphatic carbocycles. The topological polar surface area (TPSA) is 38.3 Å². The Hall–Kier alpha value is -1.51. The molecule has 0 amide bonds. The first-order chi connectivity index (χ1) is 7.24. The molecule has 15 heavy (non-hydrogen) atoms. The lowest BCUT2D eigenvalue weighted by molar-refractivity contribution is -0.140. The number of esters is 1. The molecule has 82 valence electrons. The molecule has 0 saturated carbocycles. The first-order valence-corrected chi connectivity index (χ1v) is 5.19. The SMILES string of the molecule is CCOC(C)=O.c1ccc2c(c1)CCN2. The van der Waals surface area contributed by atoms with E-state index in [1.807, 2.05) is 0 Å². The summed E-state index contributed by atoms with van der Waals surface area (Å²) < 4.78 is 4.40. The number of rotatable bonds is 1. The van der Waals surface area contributed by atoms with Crippen molar-refractivity contribution in [3.05, 3.63) is 29.8 Å². The molecule has 3 heteroatoms. The molecule has 0 unspecified atom stereocenters. The predicted octanol–water partition coefficient (Wildman–Crippen LogP) is 2.22. The molecule has 1 aliphatic heterocycles. The highest BCUT2D eigenvalue weighted by Gasteiger charge is 2.05. The van der Waals surface area contributed by atoms with Crippen LogP contribution in [0.2, 0.25) is 0 Å². The summed E-state index contributed by atoms with van der Waals surface area (Å²) in [7, 11) is 0. The van der Waals surface area contributed by atoms with E-state index in [9.17, 15) is 4.79 Å². The van der Waals surface area contributed by atoms with Crippen molar-refractivity contribution in [3.63, 3.8) is 0 Å². The maximum absolute atomic E-state index is 9.82. The molecule has 0 bridgehead atoms. The van der Waals surface area contributed by atoms with E-state index in [0.717, 1.165) is 6.54 Å². The van der Waals surface area contributed by atoms with Gasteiger partial charge in [0.25, 0.3) is 0 Å². The lowest BCUT2D eigenvalue weighted by Crippen LogP contribution is -1.95. The van der Waals surface area contributed by atoms with Crippen LogP contribution in [0, 0.1) is 0 Å². The van der Waals surface area contributed by atoms with Gasteiger partial charge in [-0.2, -0.15) is 0 Å². The van der Waals surface area contributed by atoms with Crippen molar-refractivity contribution in [2.24, 2.45) is 0 Å². The number of para-hydroxylation sites is 1. The Kier molecular flexibility index (Phi) is 4.68. The third-order valence-corrected chi connectivity index (χ3v) is 2.07. The molecule has 1 heterocycles. The summed E-state index contributed by atoms with van der Waals surface area (Å²) in [5, 5.41) is 3.30. The Bertz CT molecular complexity index is 300. The maximum atomic E-state index is 9.82. The summed E-state index contributed by atoms with van der Waals surface area (Å²) in [6, 6.07) is 8.46. The van der Waals surface area contributed by atoms with Crippen molar-refractivity contribution in [1.29, 1.82) is 0 Å². The van der Waals surface area contributed by atoms with Gasteiger partial charge in [0.15, 0.2) is 0 Å². The monoisotopic (exact) mass is 207 g/mol. The van der Waals surface area contributed by atoms with Gasteiger partial charge in [0.05, 0.1) is 6.61 Å². The average Bonchev–Trinajstić information content (AvgIpc) is 2.65. The Labute approximate surface area is 90.4 Å². The van der Waals surface area contributed by atoms with Crippen LogP contribution in [0.1, 0.15) is 19.4 Å². The number of benzene rings is 1. The second-order valence-corrected chi connectivity index (χ2v) is 3.26. The highest BCUT2D eigenvalue weighted by atomic mass is 16.5. The number of anilines is 1. The van der Waals surface area contributed by atoms with Gasteiger partial charge in [-0.1, -0.05) is 18.2 Å². The van der Waals surface area contributed by atoms with Gasteiger partial charge in [-0.05, 0) is 25.0 Å². The van der Waals surface area contributed by atoms with E-state index in [0.29, 0.717) is 6.61 Å². The minimum absolute atomic E-state index is 0.211. The van der Waals surface area contributed by atoms with Gasteiger partial charge in [-0.3, -0.25) is 4.79 Å². The van der Waals surface area contributed by atoms with Crippen molar-refractivity contribution in [2.45, 2.75) is 20.3 Å². The van der Waals surface area contributed by atoms with Crippen LogP contribution in [0.3, 0.4) is 0 Å². The number of carbonyl (C=O) groups is 1. The first-order valence-electron chi connectivity index (χ1n) is 5.19. The normalized spacial score (nSPS) is 11.9. The highest BCUT2D eigenvalue weighted by Crippen LogP contribution is 2.19. The van der Waals surface area contributed by atoms with E-state index in [4.69, 9.17) is 0 Å². The number of ether oxygens (including phenoxy) is 1. The fourth-order valence-corrected chi connectivity index (χ4v) is 1.45. The highest BCUT2D eigenvalue weighted by molar-refractivity contribution is 5.65. The summed E-state index contributed by atoms with van der Waals surface area (Å²) in [4.78, 5) is 9.82. The zero-order valence-electron chi connectivity index (χ0n) is 9.25. The van der Waals surface area contributed by atoms with Gasteiger partial charge in [0.1, 0.15) is 0 Å². The molecular formula is C12H17NO2. The number of hydrogen-bond acceptors (Lipinski definition) is 3. The number of fused-ring (bicyclic) bond motifs is 1. The van der Waals surface area contributed by atoms with Crippen LogP contribution in [0.4, 0.5) is 5.69 Å². The van der Waals surface area contributed by atoms with E-state index in [-0.39, 0.29) is 5.97 Å². The second kappa shape index (κ2) is 6.06. The van der Waals surface area contributed by atoms with Crippen LogP contribution in [0.15, 0.2) is 24.3 Å². The maximum Gasteiger partial charge on any atom is 0.302 e. The zero-order valence-corrected chi connectivity index (χ0v) is 9.25. The summed E-state index contributed by atoms with van der Waals surface area (Å²) in [5.41, 5.74) is 2.77. The Morgan fingerprint density at radius 1 is 1.47 bits per heavy atom. The molecule has 0 saturated heterocycles. The lowest BCUT2D eigenvalue weighted by Gasteiger charge is -1.94. The smallest absolute Gasteiger partial charge is 0.302 e. The first kappa shape index (κ1) is 11.6. The largest absolute Gasteiger partial charge is 0.466 e. The standard InChI is InChI=1S/C8H9N.C4H8O2/c1-2-4-8-7(3-1)5-6-9-8;1-3-6-4(2)5/h1-4,9H,5-6H2;3H2,1-2H3. The minimum Gasteiger partial charge on any atom is -0.466 e. The quantitative estimate of drug-likeness (QED) is 0.718. The molecule has 0 spiro atoms. The van der Waals surface area contributed by atoms with Crippen LogP contribution in [-0.2, 0) is 16.0 Å². The zero-order chi connectivity index (χ0) is 11.1. The number of carbonyl (C=O) groups excluding carboxylic acids is 1. The molecule has 0 radical (unpaired) electrons. The van der Waals surface area contributed by atoms with Crippen molar-refractivity contribution < 1.29 is 9.53 Å². The fourth-order valence-electron chi connectivity index (χ4n) is 1.45. The van der Waals surface area contributed by atoms with Crippen molar-refractivity contribution in [2.75, 3.05) is 18.5 Å². The predicted molar refractivity (Wildman–Crippen MR) is 60.9 cm³/mol. The van der Waals surface area contributed by atoms with Gasteiger partial charge in [-0.25, -0.2) is 0 Å². The molecule has 1 aromatic rings. The van der Waals surface area contributed by atoms with Gasteiger partial charge >= 0.3 is 5.97 Å². The second-order valence-electron chi connectivity index (χ2n) is 3.26. The summed E-state index contributed by atoms with van der Waals surface area (Å²) >= 11 is 0. The molecule has 3 nitrogen and oxygen atoms in total. The lowest BCUT2D eigenvalue weighted by atomic mass is 10.2. The molecular weight excluding hydrogens is 190 g/mol. The van der Waals surface area contributed by atoms with Crippen molar-refractivity contribution in [3.8, 4) is 0 Å². The molecule has 1 aliphatic rings. The molecule has 2 rings (SSSR count). The fraction of sp³-hybridized carbons (Fsp3) is 0.417. The van der Waals surface area contributed by atoms with Crippen LogP contribution in [-0.4, -0.2) is 19.1 Å². The minimum atomic E-state index is -0.211. The van der Waals surface area contributed by atoms with Crippen LogP contribution in [0.5, 0.6) is 0 Å². The molecule has 0 atom stereocenters. The molecule has 1 aromatic carbocycles. The van der Waals surface area contributed by atoms with Gasteiger partial charge < -0.3 is 10.1 Å².